The number of anilines is 1. The molecule has 0 radical (unpaired) electrons. The zero-order chi connectivity index (χ0) is 12.0. The van der Waals surface area contributed by atoms with Gasteiger partial charge in [-0.25, -0.2) is 4.98 Å². The molecule has 0 aliphatic carbocycles. The van der Waals surface area contributed by atoms with E-state index in [9.17, 15) is 4.79 Å². The summed E-state index contributed by atoms with van der Waals surface area (Å²) >= 11 is 0. The molecule has 0 saturated heterocycles. The van der Waals surface area contributed by atoms with Crippen LogP contribution in [-0.4, -0.2) is 23.1 Å². The van der Waals surface area contributed by atoms with E-state index in [0.717, 1.165) is 12.8 Å². The van der Waals surface area contributed by atoms with Crippen molar-refractivity contribution in [1.82, 2.24) is 9.97 Å². The maximum atomic E-state index is 11.4. The van der Waals surface area contributed by atoms with E-state index in [1.807, 2.05) is 6.92 Å². The Kier molecular flexibility index (Phi) is 4.40. The van der Waals surface area contributed by atoms with E-state index in [-0.39, 0.29) is 17.4 Å². The molecule has 0 aliphatic heterocycles. The van der Waals surface area contributed by atoms with Gasteiger partial charge in [0, 0.05) is 0 Å². The average Bonchev–Trinajstić information content (AvgIpc) is 2.28. The monoisotopic (exact) mass is 221 g/mol. The van der Waals surface area contributed by atoms with Crippen LogP contribution in [0.3, 0.4) is 0 Å². The highest BCUT2D eigenvalue weighted by molar-refractivity contribution is 5.49. The second kappa shape index (κ2) is 5.81. The number of nitrogens with one attached hydrogen (secondary N) is 2. The molecule has 2 N–H and O–H groups in total. The molecule has 0 aromatic carbocycles. The zero-order valence-corrected chi connectivity index (χ0v) is 9.41. The number of terminal acetylenes is 1. The lowest BCUT2D eigenvalue weighted by molar-refractivity contribution is 0.407. The molecule has 1 unspecified atom stereocenters. The third-order valence-electron chi connectivity index (χ3n) is 2.10. The van der Waals surface area contributed by atoms with Gasteiger partial charge in [-0.2, -0.15) is 0 Å². The van der Waals surface area contributed by atoms with E-state index in [2.05, 4.69) is 21.2 Å². The van der Waals surface area contributed by atoms with Crippen molar-refractivity contribution in [2.75, 3.05) is 12.4 Å². The number of hydrogen-bond donors (Lipinski definition) is 2. The summed E-state index contributed by atoms with van der Waals surface area (Å²) in [5.74, 6) is 3.13. The Hall–Kier alpha value is -1.96. The molecule has 1 aromatic heterocycles. The fourth-order valence-corrected chi connectivity index (χ4v) is 1.33. The maximum Gasteiger partial charge on any atom is 0.295 e. The Labute approximate surface area is 94.2 Å². The summed E-state index contributed by atoms with van der Waals surface area (Å²) in [6.07, 6.45) is 8.45. The predicted octanol–water partition coefficient (Wildman–Crippen LogP) is 0.992. The first-order valence-electron chi connectivity index (χ1n) is 5.07. The van der Waals surface area contributed by atoms with Crippen LogP contribution < -0.4 is 15.6 Å². The van der Waals surface area contributed by atoms with Crippen molar-refractivity contribution in [2.45, 2.75) is 25.8 Å². The molecule has 0 aliphatic rings. The molecule has 0 amide bonds. The van der Waals surface area contributed by atoms with Crippen LogP contribution in [0.25, 0.3) is 0 Å². The molecular weight excluding hydrogens is 206 g/mol. The van der Waals surface area contributed by atoms with Crippen molar-refractivity contribution in [3.63, 3.8) is 0 Å². The smallest absolute Gasteiger partial charge is 0.295 e. The van der Waals surface area contributed by atoms with Crippen molar-refractivity contribution in [3.05, 3.63) is 16.7 Å². The lowest BCUT2D eigenvalue weighted by Gasteiger charge is -2.14. The number of aromatic nitrogens is 2. The maximum absolute atomic E-state index is 11.4. The largest absolute Gasteiger partial charge is 0.489 e. The summed E-state index contributed by atoms with van der Waals surface area (Å²) in [5, 5.41) is 3.00. The molecule has 5 heteroatoms. The topological polar surface area (TPSA) is 67.0 Å². The van der Waals surface area contributed by atoms with Gasteiger partial charge in [-0.05, 0) is 6.42 Å². The molecule has 0 saturated carbocycles. The number of aromatic amines is 1. The molecule has 1 heterocycles. The van der Waals surface area contributed by atoms with Gasteiger partial charge in [-0.3, -0.25) is 4.79 Å². The second-order valence-electron chi connectivity index (χ2n) is 3.27. The minimum Gasteiger partial charge on any atom is -0.489 e. The lowest BCUT2D eigenvalue weighted by Crippen LogP contribution is -2.21. The van der Waals surface area contributed by atoms with Crippen LogP contribution in [0.5, 0.6) is 5.75 Å². The van der Waals surface area contributed by atoms with Crippen molar-refractivity contribution >= 4 is 5.82 Å². The Morgan fingerprint density at radius 3 is 3.06 bits per heavy atom. The number of methoxy groups -OCH3 is 1. The highest BCUT2D eigenvalue weighted by atomic mass is 16.5. The third kappa shape index (κ3) is 2.76. The van der Waals surface area contributed by atoms with Gasteiger partial charge < -0.3 is 15.0 Å². The number of nitrogens with zero attached hydrogens (tertiary/aromatic N) is 1. The molecular formula is C11H15N3O2. The summed E-state index contributed by atoms with van der Waals surface area (Å²) in [6.45, 7) is 2.04. The van der Waals surface area contributed by atoms with E-state index >= 15 is 0 Å². The van der Waals surface area contributed by atoms with E-state index in [4.69, 9.17) is 11.2 Å². The van der Waals surface area contributed by atoms with Crippen molar-refractivity contribution < 1.29 is 4.74 Å². The first kappa shape index (κ1) is 12.1. The quantitative estimate of drug-likeness (QED) is 0.728. The number of ether oxygens (including phenoxy) is 1. The van der Waals surface area contributed by atoms with Crippen LogP contribution in [0, 0.1) is 12.3 Å². The standard InChI is InChI=1S/C11H15N3O2/c1-4-6-8(5-2)14-10-9(16-3)11(15)13-7-12-10/h2,7-8H,4,6H2,1,3H3,(H2,12,13,14,15). The Morgan fingerprint density at radius 2 is 2.50 bits per heavy atom. The van der Waals surface area contributed by atoms with Crippen LogP contribution >= 0.6 is 0 Å². The van der Waals surface area contributed by atoms with E-state index in [1.54, 1.807) is 0 Å². The van der Waals surface area contributed by atoms with Gasteiger partial charge in [-0.1, -0.05) is 19.3 Å². The predicted molar refractivity (Wildman–Crippen MR) is 62.6 cm³/mol. The Bertz CT molecular complexity index is 434. The normalized spacial score (nSPS) is 11.6. The number of rotatable bonds is 5. The van der Waals surface area contributed by atoms with Crippen molar-refractivity contribution in [2.24, 2.45) is 0 Å². The molecule has 5 nitrogen and oxygen atoms in total. The summed E-state index contributed by atoms with van der Waals surface area (Å²) in [7, 11) is 1.42. The Balaban J connectivity index is 2.92. The fourth-order valence-electron chi connectivity index (χ4n) is 1.33. The van der Waals surface area contributed by atoms with Crippen molar-refractivity contribution in [3.8, 4) is 18.1 Å². The summed E-state index contributed by atoms with van der Waals surface area (Å²) in [5.41, 5.74) is -0.327. The first-order valence-corrected chi connectivity index (χ1v) is 5.07. The van der Waals surface area contributed by atoms with Gasteiger partial charge in [0.2, 0.25) is 5.75 Å². The molecule has 1 atom stereocenters. The molecule has 86 valence electrons. The van der Waals surface area contributed by atoms with Gasteiger partial charge >= 0.3 is 0 Å². The van der Waals surface area contributed by atoms with E-state index in [1.165, 1.54) is 13.4 Å². The fraction of sp³-hybridized carbons (Fsp3) is 0.455. The summed E-state index contributed by atoms with van der Waals surface area (Å²) in [6, 6.07) is -0.145. The highest BCUT2D eigenvalue weighted by Gasteiger charge is 2.11. The zero-order valence-electron chi connectivity index (χ0n) is 9.41. The van der Waals surface area contributed by atoms with Gasteiger partial charge in [0.25, 0.3) is 5.56 Å². The molecule has 16 heavy (non-hydrogen) atoms. The first-order chi connectivity index (χ1) is 7.72. The minimum atomic E-state index is -0.327. The SMILES string of the molecule is C#CC(CCC)Nc1nc[nH]c(=O)c1OC. The Morgan fingerprint density at radius 1 is 1.75 bits per heavy atom. The summed E-state index contributed by atoms with van der Waals surface area (Å²) in [4.78, 5) is 17.8. The highest BCUT2D eigenvalue weighted by Crippen LogP contribution is 2.16. The third-order valence-corrected chi connectivity index (χ3v) is 2.10. The summed E-state index contributed by atoms with van der Waals surface area (Å²) < 4.78 is 4.96. The van der Waals surface area contributed by atoms with Crippen LogP contribution in [0.2, 0.25) is 0 Å². The van der Waals surface area contributed by atoms with E-state index in [0.29, 0.717) is 5.82 Å². The van der Waals surface area contributed by atoms with Crippen LogP contribution in [0.1, 0.15) is 19.8 Å². The molecule has 1 aromatic rings. The van der Waals surface area contributed by atoms with Gasteiger partial charge in [0.1, 0.15) is 0 Å². The lowest BCUT2D eigenvalue weighted by atomic mass is 10.2. The van der Waals surface area contributed by atoms with Gasteiger partial charge in [0.05, 0.1) is 19.5 Å². The molecule has 0 fully saturated rings. The molecule has 0 spiro atoms. The number of H-pyrrole nitrogens is 1. The van der Waals surface area contributed by atoms with Crippen molar-refractivity contribution in [1.29, 1.82) is 0 Å². The second-order valence-corrected chi connectivity index (χ2v) is 3.27. The molecule has 1 rings (SSSR count). The average molecular weight is 221 g/mol. The molecule has 0 bridgehead atoms. The minimum absolute atomic E-state index is 0.145. The van der Waals surface area contributed by atoms with E-state index < -0.39 is 0 Å². The van der Waals surface area contributed by atoms with Crippen LogP contribution in [0.4, 0.5) is 5.82 Å². The van der Waals surface area contributed by atoms with Crippen LogP contribution in [-0.2, 0) is 0 Å². The van der Waals surface area contributed by atoms with Crippen LogP contribution in [0.15, 0.2) is 11.1 Å². The van der Waals surface area contributed by atoms with Gasteiger partial charge in [0.15, 0.2) is 5.82 Å². The number of hydrogen-bond acceptors (Lipinski definition) is 4. The van der Waals surface area contributed by atoms with Gasteiger partial charge in [-0.15, -0.1) is 6.42 Å².